The summed E-state index contributed by atoms with van der Waals surface area (Å²) in [6.07, 6.45) is 10.6. The fourth-order valence-corrected chi connectivity index (χ4v) is 3.79. The van der Waals surface area contributed by atoms with Crippen molar-refractivity contribution in [2.75, 3.05) is 26.4 Å². The SMILES string of the molecule is C1CCC(CNC2CCOC3(CCOC3)C2)CC1. The van der Waals surface area contributed by atoms with Crippen molar-refractivity contribution in [1.29, 1.82) is 0 Å². The van der Waals surface area contributed by atoms with Crippen LogP contribution in [0.5, 0.6) is 0 Å². The molecule has 3 fully saturated rings. The minimum Gasteiger partial charge on any atom is -0.378 e. The Kier molecular flexibility index (Phi) is 4.22. The molecular weight excluding hydrogens is 226 g/mol. The van der Waals surface area contributed by atoms with Gasteiger partial charge in [0.05, 0.1) is 12.2 Å². The second kappa shape index (κ2) is 5.89. The maximum absolute atomic E-state index is 5.98. The van der Waals surface area contributed by atoms with Gasteiger partial charge in [0, 0.05) is 25.7 Å². The number of hydrogen-bond donors (Lipinski definition) is 1. The standard InChI is InChI=1S/C15H27NO2/c1-2-4-13(5-3-1)11-16-14-6-8-18-15(10-14)7-9-17-12-15/h13-14,16H,1-12H2. The molecule has 2 unspecified atom stereocenters. The summed E-state index contributed by atoms with van der Waals surface area (Å²) in [7, 11) is 0. The number of rotatable bonds is 3. The molecule has 3 nitrogen and oxygen atoms in total. The van der Waals surface area contributed by atoms with Crippen molar-refractivity contribution in [2.45, 2.75) is 63.0 Å². The van der Waals surface area contributed by atoms with E-state index < -0.39 is 0 Å². The molecule has 1 N–H and O–H groups in total. The Morgan fingerprint density at radius 3 is 2.72 bits per heavy atom. The van der Waals surface area contributed by atoms with Crippen LogP contribution in [0.25, 0.3) is 0 Å². The van der Waals surface area contributed by atoms with Gasteiger partial charge in [-0.05, 0) is 38.1 Å². The van der Waals surface area contributed by atoms with Crippen LogP contribution < -0.4 is 5.32 Å². The van der Waals surface area contributed by atoms with Crippen molar-refractivity contribution in [1.82, 2.24) is 5.32 Å². The Bertz CT molecular complexity index is 257. The molecule has 2 atom stereocenters. The van der Waals surface area contributed by atoms with Crippen molar-refractivity contribution < 1.29 is 9.47 Å². The van der Waals surface area contributed by atoms with Crippen LogP contribution in [0.3, 0.4) is 0 Å². The van der Waals surface area contributed by atoms with Gasteiger partial charge in [0.1, 0.15) is 0 Å². The molecule has 0 aromatic heterocycles. The van der Waals surface area contributed by atoms with Crippen molar-refractivity contribution in [3.63, 3.8) is 0 Å². The number of nitrogens with one attached hydrogen (secondary N) is 1. The Morgan fingerprint density at radius 1 is 1.06 bits per heavy atom. The molecule has 1 spiro atoms. The van der Waals surface area contributed by atoms with Crippen molar-refractivity contribution in [3.8, 4) is 0 Å². The first kappa shape index (κ1) is 12.9. The Morgan fingerprint density at radius 2 is 1.94 bits per heavy atom. The van der Waals surface area contributed by atoms with Gasteiger partial charge in [0.2, 0.25) is 0 Å². The maximum Gasteiger partial charge on any atom is 0.0951 e. The zero-order valence-electron chi connectivity index (χ0n) is 11.5. The van der Waals surface area contributed by atoms with Gasteiger partial charge in [-0.25, -0.2) is 0 Å². The fraction of sp³-hybridized carbons (Fsp3) is 1.00. The van der Waals surface area contributed by atoms with Crippen molar-refractivity contribution in [3.05, 3.63) is 0 Å². The maximum atomic E-state index is 5.98. The first-order chi connectivity index (χ1) is 8.86. The Hall–Kier alpha value is -0.120. The highest BCUT2D eigenvalue weighted by molar-refractivity contribution is 4.93. The predicted molar refractivity (Wildman–Crippen MR) is 71.7 cm³/mol. The lowest BCUT2D eigenvalue weighted by Crippen LogP contribution is -2.48. The molecule has 1 aliphatic carbocycles. The summed E-state index contributed by atoms with van der Waals surface area (Å²) in [6.45, 7) is 3.83. The molecule has 2 heterocycles. The van der Waals surface area contributed by atoms with E-state index in [0.29, 0.717) is 6.04 Å². The molecule has 104 valence electrons. The third-order valence-corrected chi connectivity index (χ3v) is 4.98. The number of hydrogen-bond acceptors (Lipinski definition) is 3. The van der Waals surface area contributed by atoms with Gasteiger partial charge in [-0.3, -0.25) is 0 Å². The van der Waals surface area contributed by atoms with Crippen LogP contribution >= 0.6 is 0 Å². The summed E-state index contributed by atoms with van der Waals surface area (Å²) < 4.78 is 11.5. The summed E-state index contributed by atoms with van der Waals surface area (Å²) in [5, 5.41) is 3.81. The lowest BCUT2D eigenvalue weighted by molar-refractivity contribution is -0.0896. The van der Waals surface area contributed by atoms with Crippen molar-refractivity contribution >= 4 is 0 Å². The summed E-state index contributed by atoms with van der Waals surface area (Å²) in [4.78, 5) is 0. The first-order valence-corrected chi connectivity index (χ1v) is 7.81. The van der Waals surface area contributed by atoms with Gasteiger partial charge in [-0.2, -0.15) is 0 Å². The van der Waals surface area contributed by atoms with Crippen LogP contribution in [-0.4, -0.2) is 38.0 Å². The smallest absolute Gasteiger partial charge is 0.0951 e. The molecule has 0 aromatic rings. The highest BCUT2D eigenvalue weighted by Crippen LogP contribution is 2.33. The minimum absolute atomic E-state index is 0.0580. The third kappa shape index (κ3) is 3.06. The van der Waals surface area contributed by atoms with E-state index in [2.05, 4.69) is 5.32 Å². The average molecular weight is 253 g/mol. The van der Waals surface area contributed by atoms with Gasteiger partial charge in [-0.1, -0.05) is 19.3 Å². The van der Waals surface area contributed by atoms with E-state index in [-0.39, 0.29) is 5.60 Å². The first-order valence-electron chi connectivity index (χ1n) is 7.81. The summed E-state index contributed by atoms with van der Waals surface area (Å²) in [5.74, 6) is 0.928. The van der Waals surface area contributed by atoms with Crippen molar-refractivity contribution in [2.24, 2.45) is 5.92 Å². The van der Waals surface area contributed by atoms with E-state index in [4.69, 9.17) is 9.47 Å². The summed E-state index contributed by atoms with van der Waals surface area (Å²) >= 11 is 0. The van der Waals surface area contributed by atoms with Gasteiger partial charge in [-0.15, -0.1) is 0 Å². The van der Waals surface area contributed by atoms with Crippen LogP contribution in [0.4, 0.5) is 0 Å². The summed E-state index contributed by atoms with van der Waals surface area (Å²) in [5.41, 5.74) is 0.0580. The van der Waals surface area contributed by atoms with E-state index in [0.717, 1.165) is 38.6 Å². The largest absolute Gasteiger partial charge is 0.378 e. The minimum atomic E-state index is 0.0580. The fourth-order valence-electron chi connectivity index (χ4n) is 3.79. The van der Waals surface area contributed by atoms with E-state index in [1.165, 1.54) is 45.1 Å². The van der Waals surface area contributed by atoms with E-state index in [1.807, 2.05) is 0 Å². The van der Waals surface area contributed by atoms with Crippen LogP contribution in [0, 0.1) is 5.92 Å². The van der Waals surface area contributed by atoms with Gasteiger partial charge in [0.15, 0.2) is 0 Å². The average Bonchev–Trinajstić information content (AvgIpc) is 2.86. The lowest BCUT2D eigenvalue weighted by Gasteiger charge is -2.38. The molecule has 2 saturated heterocycles. The Balaban J connectivity index is 1.44. The molecule has 3 heteroatoms. The van der Waals surface area contributed by atoms with Gasteiger partial charge in [0.25, 0.3) is 0 Å². The molecule has 0 aromatic carbocycles. The van der Waals surface area contributed by atoms with Crippen LogP contribution in [0.1, 0.15) is 51.4 Å². The van der Waals surface area contributed by atoms with Crippen LogP contribution in [0.15, 0.2) is 0 Å². The molecule has 0 bridgehead atoms. The molecule has 0 radical (unpaired) electrons. The lowest BCUT2D eigenvalue weighted by atomic mass is 9.87. The topological polar surface area (TPSA) is 30.5 Å². The van der Waals surface area contributed by atoms with E-state index >= 15 is 0 Å². The van der Waals surface area contributed by atoms with Gasteiger partial charge >= 0.3 is 0 Å². The zero-order valence-corrected chi connectivity index (χ0v) is 11.5. The molecule has 3 rings (SSSR count). The van der Waals surface area contributed by atoms with E-state index in [1.54, 1.807) is 0 Å². The zero-order chi connectivity index (χ0) is 12.3. The van der Waals surface area contributed by atoms with E-state index in [9.17, 15) is 0 Å². The predicted octanol–water partition coefficient (Wildman–Crippen LogP) is 2.49. The molecule has 3 aliphatic rings. The highest BCUT2D eigenvalue weighted by Gasteiger charge is 2.40. The van der Waals surface area contributed by atoms with Crippen LogP contribution in [0.2, 0.25) is 0 Å². The molecular formula is C15H27NO2. The number of ether oxygens (including phenoxy) is 2. The molecule has 0 amide bonds. The normalized spacial score (nSPS) is 38.3. The second-order valence-electron chi connectivity index (χ2n) is 6.44. The molecule has 18 heavy (non-hydrogen) atoms. The van der Waals surface area contributed by atoms with Crippen LogP contribution in [-0.2, 0) is 9.47 Å². The Labute approximate surface area is 111 Å². The monoisotopic (exact) mass is 253 g/mol. The molecule has 2 aliphatic heterocycles. The highest BCUT2D eigenvalue weighted by atomic mass is 16.6. The summed E-state index contributed by atoms with van der Waals surface area (Å²) in [6, 6.07) is 0.655. The molecule has 1 saturated carbocycles. The quantitative estimate of drug-likeness (QED) is 0.838. The van der Waals surface area contributed by atoms with Gasteiger partial charge < -0.3 is 14.8 Å². The second-order valence-corrected chi connectivity index (χ2v) is 6.44. The third-order valence-electron chi connectivity index (χ3n) is 4.98.